The first-order valence-electron chi connectivity index (χ1n) is 4.10. The molecular formula is C9H13NO. The molecule has 2 unspecified atom stereocenters. The van der Waals surface area contributed by atoms with Gasteiger partial charge in [0.2, 0.25) is 0 Å². The van der Waals surface area contributed by atoms with E-state index in [4.69, 9.17) is 0 Å². The topological polar surface area (TPSA) is 20.3 Å². The van der Waals surface area contributed by atoms with Gasteiger partial charge < -0.3 is 4.90 Å². The highest BCUT2D eigenvalue weighted by Gasteiger charge is 2.50. The Morgan fingerprint density at radius 1 is 1.55 bits per heavy atom. The lowest BCUT2D eigenvalue weighted by Crippen LogP contribution is -2.07. The van der Waals surface area contributed by atoms with Crippen molar-refractivity contribution in [1.29, 1.82) is 0 Å². The number of carbonyl (C=O) groups excluding carboxylic acids is 1. The molecule has 2 nitrogen and oxygen atoms in total. The summed E-state index contributed by atoms with van der Waals surface area (Å²) in [5, 5.41) is 0. The number of rotatable bonds is 1. The van der Waals surface area contributed by atoms with Crippen molar-refractivity contribution < 1.29 is 4.79 Å². The van der Waals surface area contributed by atoms with Gasteiger partial charge in [0, 0.05) is 31.8 Å². The van der Waals surface area contributed by atoms with E-state index in [0.717, 1.165) is 18.4 Å². The molecule has 2 fully saturated rings. The number of fused-ring (bicyclic) bond motifs is 1. The minimum Gasteiger partial charge on any atom is -0.383 e. The van der Waals surface area contributed by atoms with Gasteiger partial charge in [-0.3, -0.25) is 4.79 Å². The fourth-order valence-electron chi connectivity index (χ4n) is 1.84. The standard InChI is InChI=1S/C9H13NO/c1-10(2)5-7-3-6-4-8(6)9(7)11/h5-6,8H,3-4H2,1-2H3/b7-5+. The van der Waals surface area contributed by atoms with Crippen LogP contribution in [0.4, 0.5) is 0 Å². The molecule has 0 aromatic heterocycles. The first-order valence-corrected chi connectivity index (χ1v) is 4.10. The van der Waals surface area contributed by atoms with E-state index < -0.39 is 0 Å². The van der Waals surface area contributed by atoms with Gasteiger partial charge in [0.1, 0.15) is 0 Å². The summed E-state index contributed by atoms with van der Waals surface area (Å²) in [6.07, 6.45) is 4.15. The van der Waals surface area contributed by atoms with Crippen LogP contribution in [0.3, 0.4) is 0 Å². The van der Waals surface area contributed by atoms with Gasteiger partial charge in [-0.2, -0.15) is 0 Å². The second-order valence-corrected chi connectivity index (χ2v) is 3.79. The maximum atomic E-state index is 11.4. The number of nitrogens with zero attached hydrogens (tertiary/aromatic N) is 1. The Bertz CT molecular complexity index is 230. The molecule has 2 aliphatic rings. The Hall–Kier alpha value is -0.790. The largest absolute Gasteiger partial charge is 0.383 e. The number of ketones is 1. The van der Waals surface area contributed by atoms with Crippen molar-refractivity contribution in [2.45, 2.75) is 12.8 Å². The van der Waals surface area contributed by atoms with E-state index in [-0.39, 0.29) is 0 Å². The predicted octanol–water partition coefficient (Wildman–Crippen LogP) is 1.04. The van der Waals surface area contributed by atoms with Gasteiger partial charge in [-0.25, -0.2) is 0 Å². The fourth-order valence-corrected chi connectivity index (χ4v) is 1.84. The number of hydrogen-bond donors (Lipinski definition) is 0. The molecule has 0 aromatic carbocycles. The Labute approximate surface area is 66.9 Å². The molecule has 2 atom stereocenters. The molecule has 0 N–H and O–H groups in total. The Balaban J connectivity index is 2.12. The maximum Gasteiger partial charge on any atom is 0.163 e. The number of Topliss-reactive ketones (excluding diaryl/α,β-unsaturated/α-hetero) is 1. The van der Waals surface area contributed by atoms with Gasteiger partial charge in [0.15, 0.2) is 5.78 Å². The number of hydrogen-bond acceptors (Lipinski definition) is 2. The monoisotopic (exact) mass is 151 g/mol. The lowest BCUT2D eigenvalue weighted by Gasteiger charge is -2.06. The van der Waals surface area contributed by atoms with E-state index >= 15 is 0 Å². The molecule has 0 bridgehead atoms. The molecule has 2 saturated carbocycles. The first kappa shape index (κ1) is 6.89. The zero-order valence-electron chi connectivity index (χ0n) is 7.00. The van der Waals surface area contributed by atoms with Crippen LogP contribution in [0.2, 0.25) is 0 Å². The summed E-state index contributed by atoms with van der Waals surface area (Å²) < 4.78 is 0. The van der Waals surface area contributed by atoms with Crippen LogP contribution in [-0.2, 0) is 4.79 Å². The van der Waals surface area contributed by atoms with Crippen molar-refractivity contribution in [3.63, 3.8) is 0 Å². The molecule has 11 heavy (non-hydrogen) atoms. The van der Waals surface area contributed by atoms with Crippen LogP contribution in [0.5, 0.6) is 0 Å². The molecule has 0 radical (unpaired) electrons. The fraction of sp³-hybridized carbons (Fsp3) is 0.667. The maximum absolute atomic E-state index is 11.4. The van der Waals surface area contributed by atoms with Gasteiger partial charge in [-0.05, 0) is 18.8 Å². The van der Waals surface area contributed by atoms with Gasteiger partial charge in [-0.1, -0.05) is 0 Å². The molecule has 2 rings (SSSR count). The molecule has 0 aromatic rings. The van der Waals surface area contributed by atoms with Crippen molar-refractivity contribution in [3.8, 4) is 0 Å². The third kappa shape index (κ3) is 1.06. The van der Waals surface area contributed by atoms with E-state index in [9.17, 15) is 4.79 Å². The van der Waals surface area contributed by atoms with Crippen molar-refractivity contribution in [2.75, 3.05) is 14.1 Å². The SMILES string of the molecule is CN(C)/C=C1\CC2CC2C1=O. The highest BCUT2D eigenvalue weighted by Crippen LogP contribution is 2.51. The summed E-state index contributed by atoms with van der Waals surface area (Å²) in [7, 11) is 3.93. The van der Waals surface area contributed by atoms with E-state index in [1.165, 1.54) is 0 Å². The lowest BCUT2D eigenvalue weighted by atomic mass is 10.1. The smallest absolute Gasteiger partial charge is 0.163 e. The number of allylic oxidation sites excluding steroid dienone is 1. The normalized spacial score (nSPS) is 37.6. The van der Waals surface area contributed by atoms with Crippen LogP contribution >= 0.6 is 0 Å². The second kappa shape index (κ2) is 2.10. The zero-order valence-corrected chi connectivity index (χ0v) is 7.00. The molecule has 2 aliphatic carbocycles. The average molecular weight is 151 g/mol. The highest BCUT2D eigenvalue weighted by atomic mass is 16.1. The van der Waals surface area contributed by atoms with Crippen LogP contribution in [0.25, 0.3) is 0 Å². The molecular weight excluding hydrogens is 138 g/mol. The van der Waals surface area contributed by atoms with Gasteiger partial charge >= 0.3 is 0 Å². The third-order valence-corrected chi connectivity index (χ3v) is 2.47. The van der Waals surface area contributed by atoms with Crippen LogP contribution in [-0.4, -0.2) is 24.8 Å². The highest BCUT2D eigenvalue weighted by molar-refractivity contribution is 6.01. The lowest BCUT2D eigenvalue weighted by molar-refractivity contribution is -0.116. The van der Waals surface area contributed by atoms with Crippen LogP contribution in [0, 0.1) is 11.8 Å². The Kier molecular flexibility index (Phi) is 1.31. The summed E-state index contributed by atoms with van der Waals surface area (Å²) in [5.74, 6) is 1.54. The molecule has 60 valence electrons. The molecule has 0 heterocycles. The summed E-state index contributed by atoms with van der Waals surface area (Å²) in [5.41, 5.74) is 1.04. The number of carbonyl (C=O) groups is 1. The van der Waals surface area contributed by atoms with Crippen molar-refractivity contribution >= 4 is 5.78 Å². The molecule has 0 aliphatic heterocycles. The van der Waals surface area contributed by atoms with Crippen LogP contribution in [0.15, 0.2) is 11.8 Å². The molecule has 2 heteroatoms. The van der Waals surface area contributed by atoms with Crippen LogP contribution < -0.4 is 0 Å². The minimum atomic E-state index is 0.406. The summed E-state index contributed by atoms with van der Waals surface area (Å²) >= 11 is 0. The quantitative estimate of drug-likeness (QED) is 0.522. The third-order valence-electron chi connectivity index (χ3n) is 2.47. The first-order chi connectivity index (χ1) is 5.18. The summed E-state index contributed by atoms with van der Waals surface area (Å²) in [4.78, 5) is 13.3. The average Bonchev–Trinajstić information content (AvgIpc) is 2.58. The van der Waals surface area contributed by atoms with Crippen molar-refractivity contribution in [2.24, 2.45) is 11.8 Å². The molecule has 0 saturated heterocycles. The van der Waals surface area contributed by atoms with Gasteiger partial charge in [0.25, 0.3) is 0 Å². The van der Waals surface area contributed by atoms with Gasteiger partial charge in [-0.15, -0.1) is 0 Å². The van der Waals surface area contributed by atoms with E-state index in [0.29, 0.717) is 17.6 Å². The Morgan fingerprint density at radius 2 is 2.27 bits per heavy atom. The van der Waals surface area contributed by atoms with Crippen LogP contribution in [0.1, 0.15) is 12.8 Å². The van der Waals surface area contributed by atoms with Crippen molar-refractivity contribution in [1.82, 2.24) is 4.90 Å². The summed E-state index contributed by atoms with van der Waals surface area (Å²) in [6, 6.07) is 0. The Morgan fingerprint density at radius 3 is 2.73 bits per heavy atom. The molecule has 0 spiro atoms. The van der Waals surface area contributed by atoms with E-state index in [2.05, 4.69) is 0 Å². The summed E-state index contributed by atoms with van der Waals surface area (Å²) in [6.45, 7) is 0. The van der Waals surface area contributed by atoms with E-state index in [1.807, 2.05) is 25.2 Å². The van der Waals surface area contributed by atoms with Crippen molar-refractivity contribution in [3.05, 3.63) is 11.8 Å². The predicted molar refractivity (Wildman–Crippen MR) is 43.0 cm³/mol. The minimum absolute atomic E-state index is 0.406. The second-order valence-electron chi connectivity index (χ2n) is 3.79. The molecule has 0 amide bonds. The van der Waals surface area contributed by atoms with E-state index in [1.54, 1.807) is 0 Å². The van der Waals surface area contributed by atoms with Gasteiger partial charge in [0.05, 0.1) is 0 Å². The zero-order chi connectivity index (χ0) is 8.01.